The molecular weight excluding hydrogens is 304 g/mol. The van der Waals surface area contributed by atoms with E-state index in [0.29, 0.717) is 38.0 Å². The first-order chi connectivity index (χ1) is 11.7. The molecular formula is C18H20N4O2. The zero-order valence-electron chi connectivity index (χ0n) is 13.4. The number of carbonyl (C=O) groups is 2. The molecule has 0 aliphatic carbocycles. The van der Waals surface area contributed by atoms with E-state index >= 15 is 0 Å². The van der Waals surface area contributed by atoms with Crippen LogP contribution >= 0.6 is 0 Å². The average Bonchev–Trinajstić information content (AvgIpc) is 2.67. The highest BCUT2D eigenvalue weighted by Crippen LogP contribution is 2.19. The van der Waals surface area contributed by atoms with E-state index in [0.717, 1.165) is 5.69 Å². The van der Waals surface area contributed by atoms with E-state index in [1.807, 2.05) is 18.2 Å². The van der Waals surface area contributed by atoms with Crippen molar-refractivity contribution in [3.05, 3.63) is 60.2 Å². The summed E-state index contributed by atoms with van der Waals surface area (Å²) in [5, 5.41) is 2.93. The largest absolute Gasteiger partial charge is 0.350 e. The Hall–Kier alpha value is -2.76. The van der Waals surface area contributed by atoms with Gasteiger partial charge in [-0.3, -0.25) is 19.6 Å². The Kier molecular flexibility index (Phi) is 5.15. The van der Waals surface area contributed by atoms with E-state index in [1.165, 1.54) is 0 Å². The van der Waals surface area contributed by atoms with E-state index in [-0.39, 0.29) is 17.7 Å². The van der Waals surface area contributed by atoms with Gasteiger partial charge in [0.25, 0.3) is 5.91 Å². The minimum absolute atomic E-state index is 0.0181. The molecule has 0 spiro atoms. The van der Waals surface area contributed by atoms with E-state index in [9.17, 15) is 9.59 Å². The quantitative estimate of drug-likeness (QED) is 0.928. The molecule has 3 heterocycles. The molecule has 6 heteroatoms. The lowest BCUT2D eigenvalue weighted by Crippen LogP contribution is -2.43. The van der Waals surface area contributed by atoms with Crippen LogP contribution in [-0.4, -0.2) is 39.8 Å². The molecule has 124 valence electrons. The van der Waals surface area contributed by atoms with Crippen LogP contribution in [0.4, 0.5) is 0 Å². The fraction of sp³-hybridized carbons (Fsp3) is 0.333. The fourth-order valence-corrected chi connectivity index (χ4v) is 2.84. The Labute approximate surface area is 140 Å². The smallest absolute Gasteiger partial charge is 0.255 e. The number of carbonyl (C=O) groups excluding carboxylic acids is 2. The van der Waals surface area contributed by atoms with Gasteiger partial charge >= 0.3 is 0 Å². The number of likely N-dealkylation sites (tertiary alicyclic amines) is 1. The van der Waals surface area contributed by atoms with Crippen LogP contribution in [0.5, 0.6) is 0 Å². The second-order valence-electron chi connectivity index (χ2n) is 5.85. The Morgan fingerprint density at radius 3 is 2.62 bits per heavy atom. The number of aromatic nitrogens is 2. The molecule has 0 unspecified atom stereocenters. The second kappa shape index (κ2) is 7.68. The Morgan fingerprint density at radius 1 is 1.12 bits per heavy atom. The van der Waals surface area contributed by atoms with Gasteiger partial charge in [0.15, 0.2) is 0 Å². The fourth-order valence-electron chi connectivity index (χ4n) is 2.84. The third-order valence-corrected chi connectivity index (χ3v) is 4.23. The van der Waals surface area contributed by atoms with Gasteiger partial charge in [-0.2, -0.15) is 0 Å². The molecule has 3 rings (SSSR count). The summed E-state index contributed by atoms with van der Waals surface area (Å²) in [7, 11) is 0. The van der Waals surface area contributed by atoms with Gasteiger partial charge in [-0.25, -0.2) is 0 Å². The maximum Gasteiger partial charge on any atom is 0.255 e. The van der Waals surface area contributed by atoms with Crippen molar-refractivity contribution in [1.29, 1.82) is 0 Å². The molecule has 2 amide bonds. The van der Waals surface area contributed by atoms with Crippen LogP contribution in [0.3, 0.4) is 0 Å². The zero-order valence-corrected chi connectivity index (χ0v) is 13.4. The van der Waals surface area contributed by atoms with E-state index in [4.69, 9.17) is 0 Å². The predicted molar refractivity (Wildman–Crippen MR) is 88.9 cm³/mol. The molecule has 24 heavy (non-hydrogen) atoms. The molecule has 0 radical (unpaired) electrons. The Morgan fingerprint density at radius 2 is 1.96 bits per heavy atom. The molecule has 0 saturated carbocycles. The summed E-state index contributed by atoms with van der Waals surface area (Å²) >= 11 is 0. The summed E-state index contributed by atoms with van der Waals surface area (Å²) in [5.41, 5.74) is 1.44. The van der Waals surface area contributed by atoms with Crippen molar-refractivity contribution in [2.45, 2.75) is 19.4 Å². The van der Waals surface area contributed by atoms with Gasteiger partial charge in [0.2, 0.25) is 5.91 Å². The molecule has 1 saturated heterocycles. The van der Waals surface area contributed by atoms with Crippen molar-refractivity contribution >= 4 is 11.8 Å². The molecule has 1 aliphatic rings. The summed E-state index contributed by atoms with van der Waals surface area (Å²) < 4.78 is 0. The number of piperidine rings is 1. The number of rotatable bonds is 4. The van der Waals surface area contributed by atoms with Gasteiger partial charge in [0, 0.05) is 37.6 Å². The molecule has 2 aromatic rings. The molecule has 0 atom stereocenters. The van der Waals surface area contributed by atoms with Gasteiger partial charge in [0.05, 0.1) is 17.8 Å². The minimum Gasteiger partial charge on any atom is -0.350 e. The number of pyridine rings is 2. The molecule has 1 N–H and O–H groups in total. The lowest BCUT2D eigenvalue weighted by atomic mass is 9.95. The van der Waals surface area contributed by atoms with Crippen molar-refractivity contribution < 1.29 is 9.59 Å². The Balaban J connectivity index is 1.48. The van der Waals surface area contributed by atoms with Crippen LogP contribution in [0.1, 0.15) is 28.9 Å². The van der Waals surface area contributed by atoms with Crippen LogP contribution in [0.25, 0.3) is 0 Å². The highest BCUT2D eigenvalue weighted by Gasteiger charge is 2.27. The van der Waals surface area contributed by atoms with Gasteiger partial charge in [0.1, 0.15) is 0 Å². The van der Waals surface area contributed by atoms with Gasteiger partial charge in [-0.1, -0.05) is 6.07 Å². The molecule has 0 aromatic carbocycles. The van der Waals surface area contributed by atoms with Crippen LogP contribution in [0, 0.1) is 5.92 Å². The highest BCUT2D eigenvalue weighted by atomic mass is 16.2. The average molecular weight is 324 g/mol. The first-order valence-corrected chi connectivity index (χ1v) is 8.11. The topological polar surface area (TPSA) is 75.2 Å². The molecule has 2 aromatic heterocycles. The van der Waals surface area contributed by atoms with Gasteiger partial charge in [-0.15, -0.1) is 0 Å². The summed E-state index contributed by atoms with van der Waals surface area (Å²) in [6.07, 6.45) is 6.30. The second-order valence-corrected chi connectivity index (χ2v) is 5.85. The lowest BCUT2D eigenvalue weighted by molar-refractivity contribution is -0.126. The zero-order chi connectivity index (χ0) is 16.8. The summed E-state index contributed by atoms with van der Waals surface area (Å²) in [4.78, 5) is 34.6. The van der Waals surface area contributed by atoms with Crippen molar-refractivity contribution in [1.82, 2.24) is 20.2 Å². The number of hydrogen-bond acceptors (Lipinski definition) is 4. The maximum atomic E-state index is 12.4. The van der Waals surface area contributed by atoms with Crippen molar-refractivity contribution in [2.75, 3.05) is 13.1 Å². The van der Waals surface area contributed by atoms with Crippen LogP contribution < -0.4 is 5.32 Å². The number of amides is 2. The summed E-state index contributed by atoms with van der Waals surface area (Å²) in [6.45, 7) is 1.62. The molecule has 1 fully saturated rings. The van der Waals surface area contributed by atoms with Gasteiger partial charge in [-0.05, 0) is 37.1 Å². The third kappa shape index (κ3) is 3.95. The van der Waals surface area contributed by atoms with Crippen molar-refractivity contribution in [3.63, 3.8) is 0 Å². The molecule has 6 nitrogen and oxygen atoms in total. The first kappa shape index (κ1) is 16.1. The maximum absolute atomic E-state index is 12.4. The van der Waals surface area contributed by atoms with E-state index < -0.39 is 0 Å². The van der Waals surface area contributed by atoms with E-state index in [2.05, 4.69) is 15.3 Å². The van der Waals surface area contributed by atoms with Crippen LogP contribution in [-0.2, 0) is 11.3 Å². The van der Waals surface area contributed by atoms with Crippen molar-refractivity contribution in [2.24, 2.45) is 5.92 Å². The molecule has 0 bridgehead atoms. The monoisotopic (exact) mass is 324 g/mol. The number of nitrogens with zero attached hydrogens (tertiary/aromatic N) is 3. The van der Waals surface area contributed by atoms with Crippen LogP contribution in [0.15, 0.2) is 48.9 Å². The predicted octanol–water partition coefficient (Wildman–Crippen LogP) is 1.65. The Bertz CT molecular complexity index is 683. The number of nitrogens with one attached hydrogen (secondary N) is 1. The normalized spacial score (nSPS) is 15.1. The lowest BCUT2D eigenvalue weighted by Gasteiger charge is -2.31. The molecule has 1 aliphatic heterocycles. The number of hydrogen-bond donors (Lipinski definition) is 1. The highest BCUT2D eigenvalue weighted by molar-refractivity contribution is 5.94. The van der Waals surface area contributed by atoms with E-state index in [1.54, 1.807) is 35.6 Å². The standard InChI is InChI=1S/C18H20N4O2/c23-17(21-13-16-5-1-2-9-20-16)14-6-10-22(11-7-14)18(24)15-4-3-8-19-12-15/h1-5,8-9,12,14H,6-7,10-11,13H2,(H,21,23). The van der Waals surface area contributed by atoms with Crippen molar-refractivity contribution in [3.8, 4) is 0 Å². The van der Waals surface area contributed by atoms with Crippen LogP contribution in [0.2, 0.25) is 0 Å². The first-order valence-electron chi connectivity index (χ1n) is 8.11. The third-order valence-electron chi connectivity index (χ3n) is 4.23. The SMILES string of the molecule is O=C(NCc1ccccn1)C1CCN(C(=O)c2cccnc2)CC1. The summed E-state index contributed by atoms with van der Waals surface area (Å²) in [6, 6.07) is 9.15. The summed E-state index contributed by atoms with van der Waals surface area (Å²) in [5.74, 6) is -0.0313. The van der Waals surface area contributed by atoms with Gasteiger partial charge < -0.3 is 10.2 Å². The minimum atomic E-state index is -0.0494.